The van der Waals surface area contributed by atoms with Gasteiger partial charge in [0.1, 0.15) is 23.6 Å². The Bertz CT molecular complexity index is 1630. The summed E-state index contributed by atoms with van der Waals surface area (Å²) >= 11 is 0. The minimum atomic E-state index is -3.33. The number of aryl methyl sites for hydroxylation is 1. The minimum Gasteiger partial charge on any atom is -0.363 e. The van der Waals surface area contributed by atoms with Crippen molar-refractivity contribution < 1.29 is 22.3 Å². The fourth-order valence-corrected chi connectivity index (χ4v) is 8.44. The number of fused-ring (bicyclic) bond motifs is 1. The van der Waals surface area contributed by atoms with Gasteiger partial charge in [0.05, 0.1) is 17.0 Å². The standard InChI is InChI=1S/C35H46F3N5O3S/c1-4-6-7-16-43-33-29(21-28(34(43)44)26-13-19-47(45,46)20-14-26)32(39-23-40-33)41-24(3)27-9-8-10-30(31(27)36)35(37,38)22-25-11-17-42(15-5-2)18-12-25/h4-5,8-10,21,23-26,45-46H,1-2,6-7,11-20,22H2,3H3,(H,39,40,41). The van der Waals surface area contributed by atoms with Gasteiger partial charge < -0.3 is 5.32 Å². The fraction of sp³-hybridized carbons (Fsp3) is 0.514. The second-order valence-corrected chi connectivity index (χ2v) is 15.4. The monoisotopic (exact) mass is 673 g/mol. The maximum atomic E-state index is 15.9. The summed E-state index contributed by atoms with van der Waals surface area (Å²) in [5.74, 6) is -3.83. The molecule has 1 unspecified atom stereocenters. The number of hydrogen-bond acceptors (Lipinski definition) is 7. The number of allylic oxidation sites excluding steroid dienone is 1. The Kier molecular flexibility index (Phi) is 11.2. The van der Waals surface area contributed by atoms with Crippen LogP contribution in [-0.4, -0.2) is 59.7 Å². The van der Waals surface area contributed by atoms with Crippen molar-refractivity contribution in [3.8, 4) is 0 Å². The molecule has 5 rings (SSSR count). The lowest BCUT2D eigenvalue weighted by Crippen LogP contribution is -2.35. The van der Waals surface area contributed by atoms with Gasteiger partial charge in [0.25, 0.3) is 11.5 Å². The lowest BCUT2D eigenvalue weighted by Gasteiger charge is -2.39. The molecule has 2 aliphatic rings. The zero-order valence-corrected chi connectivity index (χ0v) is 27.8. The van der Waals surface area contributed by atoms with E-state index in [1.807, 2.05) is 6.08 Å². The van der Waals surface area contributed by atoms with Crippen LogP contribution in [0.2, 0.25) is 0 Å². The first-order chi connectivity index (χ1) is 22.4. The van der Waals surface area contributed by atoms with Gasteiger partial charge in [0, 0.05) is 42.1 Å². The summed E-state index contributed by atoms with van der Waals surface area (Å²) < 4.78 is 69.1. The van der Waals surface area contributed by atoms with Crippen molar-refractivity contribution in [1.29, 1.82) is 0 Å². The summed E-state index contributed by atoms with van der Waals surface area (Å²) in [6.07, 6.45) is 8.07. The predicted molar refractivity (Wildman–Crippen MR) is 184 cm³/mol. The number of pyridine rings is 1. The van der Waals surface area contributed by atoms with Crippen molar-refractivity contribution in [1.82, 2.24) is 19.4 Å². The molecule has 3 N–H and O–H groups in total. The Morgan fingerprint density at radius 2 is 1.85 bits per heavy atom. The molecule has 0 radical (unpaired) electrons. The van der Waals surface area contributed by atoms with Gasteiger partial charge in [-0.25, -0.2) is 23.1 Å². The van der Waals surface area contributed by atoms with Gasteiger partial charge in [-0.1, -0.05) is 30.4 Å². The summed E-state index contributed by atoms with van der Waals surface area (Å²) in [5, 5.41) is 3.77. The molecule has 2 aliphatic heterocycles. The van der Waals surface area contributed by atoms with Gasteiger partial charge in [0.15, 0.2) is 0 Å². The highest BCUT2D eigenvalue weighted by atomic mass is 32.3. The van der Waals surface area contributed by atoms with Crippen molar-refractivity contribution >= 4 is 27.4 Å². The summed E-state index contributed by atoms with van der Waals surface area (Å²) in [7, 11) is -2.64. The topological polar surface area (TPSA) is 104 Å². The molecule has 1 atom stereocenters. The molecule has 0 spiro atoms. The number of hydrogen-bond donors (Lipinski definition) is 3. The number of anilines is 1. The number of likely N-dealkylation sites (tertiary alicyclic amines) is 1. The Morgan fingerprint density at radius 3 is 2.53 bits per heavy atom. The quantitative estimate of drug-likeness (QED) is 0.125. The highest BCUT2D eigenvalue weighted by molar-refractivity contribution is 8.24. The zero-order chi connectivity index (χ0) is 33.8. The van der Waals surface area contributed by atoms with E-state index in [1.165, 1.54) is 24.5 Å². The number of unbranched alkanes of at least 4 members (excludes halogenated alkanes) is 1. The summed E-state index contributed by atoms with van der Waals surface area (Å²) in [5.41, 5.74) is 0.250. The molecule has 0 aliphatic carbocycles. The van der Waals surface area contributed by atoms with Crippen LogP contribution in [0.3, 0.4) is 0 Å². The molecule has 2 saturated heterocycles. The van der Waals surface area contributed by atoms with Crippen molar-refractivity contribution in [2.24, 2.45) is 5.92 Å². The van der Waals surface area contributed by atoms with Crippen LogP contribution >= 0.6 is 10.6 Å². The van der Waals surface area contributed by atoms with Crippen LogP contribution in [0.1, 0.15) is 80.5 Å². The second kappa shape index (κ2) is 14.9. The molecule has 256 valence electrons. The van der Waals surface area contributed by atoms with E-state index in [0.29, 0.717) is 67.5 Å². The number of aromatic nitrogens is 3. The van der Waals surface area contributed by atoms with E-state index < -0.39 is 40.4 Å². The van der Waals surface area contributed by atoms with Gasteiger partial charge in [-0.3, -0.25) is 23.4 Å². The first-order valence-electron chi connectivity index (χ1n) is 16.4. The van der Waals surface area contributed by atoms with E-state index in [2.05, 4.69) is 33.3 Å². The number of alkyl halides is 2. The maximum Gasteiger partial charge on any atom is 0.276 e. The van der Waals surface area contributed by atoms with Gasteiger partial charge in [-0.2, -0.15) is 10.6 Å². The molecule has 1 aromatic carbocycles. The lowest BCUT2D eigenvalue weighted by atomic mass is 9.87. The molecule has 4 heterocycles. The number of piperidine rings is 1. The number of nitrogens with zero attached hydrogens (tertiary/aromatic N) is 4. The molecule has 0 saturated carbocycles. The molecule has 47 heavy (non-hydrogen) atoms. The van der Waals surface area contributed by atoms with Gasteiger partial charge >= 0.3 is 0 Å². The highest BCUT2D eigenvalue weighted by Crippen LogP contribution is 2.48. The number of halogens is 3. The Hall–Kier alpha value is -3.19. The molecule has 0 amide bonds. The molecule has 3 aromatic rings. The van der Waals surface area contributed by atoms with Crippen molar-refractivity contribution in [3.63, 3.8) is 0 Å². The highest BCUT2D eigenvalue weighted by Gasteiger charge is 2.39. The number of benzene rings is 1. The third-order valence-electron chi connectivity index (χ3n) is 9.61. The molecule has 8 nitrogen and oxygen atoms in total. The SMILES string of the molecule is C=CCCCn1c(=O)c(C2CCS(O)(O)CC2)cc2c(NC(C)c3cccc(C(F)(F)CC4CCN(CC=C)CC4)c3F)ncnc21. The largest absolute Gasteiger partial charge is 0.363 e. The average Bonchev–Trinajstić information content (AvgIpc) is 3.03. The van der Waals surface area contributed by atoms with Crippen LogP contribution < -0.4 is 10.9 Å². The third kappa shape index (κ3) is 8.10. The van der Waals surface area contributed by atoms with E-state index in [4.69, 9.17) is 0 Å². The first-order valence-corrected chi connectivity index (χ1v) is 18.3. The van der Waals surface area contributed by atoms with Gasteiger partial charge in [0.2, 0.25) is 0 Å². The van der Waals surface area contributed by atoms with E-state index in [-0.39, 0.29) is 34.5 Å². The molecular weight excluding hydrogens is 627 g/mol. The summed E-state index contributed by atoms with van der Waals surface area (Å²) in [4.78, 5) is 24.8. The van der Waals surface area contributed by atoms with Crippen molar-refractivity contribution in [2.45, 2.75) is 76.3 Å². The minimum absolute atomic E-state index is 0.0896. The average molecular weight is 674 g/mol. The number of nitrogens with one attached hydrogen (secondary N) is 1. The van der Waals surface area contributed by atoms with Gasteiger partial charge in [-0.05, 0) is 76.4 Å². The lowest BCUT2D eigenvalue weighted by molar-refractivity contribution is -0.0397. The maximum absolute atomic E-state index is 15.9. The third-order valence-corrected chi connectivity index (χ3v) is 11.4. The summed E-state index contributed by atoms with van der Waals surface area (Å²) in [6, 6.07) is 5.15. The van der Waals surface area contributed by atoms with Crippen LogP contribution in [0.5, 0.6) is 0 Å². The summed E-state index contributed by atoms with van der Waals surface area (Å²) in [6.45, 7) is 11.8. The number of rotatable bonds is 13. The van der Waals surface area contributed by atoms with E-state index in [0.717, 1.165) is 19.6 Å². The van der Waals surface area contributed by atoms with Gasteiger partial charge in [-0.15, -0.1) is 13.2 Å². The van der Waals surface area contributed by atoms with Crippen LogP contribution in [0.25, 0.3) is 11.0 Å². The molecule has 12 heteroatoms. The second-order valence-electron chi connectivity index (χ2n) is 12.9. The van der Waals surface area contributed by atoms with Crippen LogP contribution in [0.15, 0.2) is 60.7 Å². The Morgan fingerprint density at radius 1 is 1.13 bits per heavy atom. The molecule has 2 aromatic heterocycles. The molecule has 0 bridgehead atoms. The predicted octanol–water partition coefficient (Wildman–Crippen LogP) is 8.08. The normalized spacial score (nSPS) is 19.4. The van der Waals surface area contributed by atoms with Crippen molar-refractivity contribution in [3.05, 3.63) is 88.8 Å². The molecular formula is C35H46F3N5O3S. The van der Waals surface area contributed by atoms with E-state index >= 15 is 13.2 Å². The first kappa shape index (κ1) is 35.1. The van der Waals surface area contributed by atoms with Crippen LogP contribution in [0, 0.1) is 11.7 Å². The van der Waals surface area contributed by atoms with E-state index in [1.54, 1.807) is 23.6 Å². The fourth-order valence-electron chi connectivity index (χ4n) is 6.91. The Balaban J connectivity index is 1.43. The van der Waals surface area contributed by atoms with Crippen molar-refractivity contribution in [2.75, 3.05) is 36.5 Å². The smallest absolute Gasteiger partial charge is 0.276 e. The van der Waals surface area contributed by atoms with E-state index in [9.17, 15) is 13.9 Å². The molecule has 2 fully saturated rings. The Labute approximate surface area is 276 Å². The zero-order valence-electron chi connectivity index (χ0n) is 27.0. The van der Waals surface area contributed by atoms with Crippen LogP contribution in [-0.2, 0) is 12.5 Å². The van der Waals surface area contributed by atoms with Crippen LogP contribution in [0.4, 0.5) is 19.0 Å².